The van der Waals surface area contributed by atoms with Crippen LogP contribution < -0.4 is 5.48 Å². The van der Waals surface area contributed by atoms with E-state index in [0.717, 1.165) is 18.4 Å². The molecular formula is C8H13NO2. The molecule has 1 heterocycles. The second-order valence-corrected chi connectivity index (χ2v) is 2.59. The van der Waals surface area contributed by atoms with Crippen LogP contribution in [0.5, 0.6) is 0 Å². The largest absolute Gasteiger partial charge is 0.387 e. The van der Waals surface area contributed by atoms with Crippen molar-refractivity contribution in [3.63, 3.8) is 0 Å². The molecule has 0 aromatic heterocycles. The van der Waals surface area contributed by atoms with Crippen LogP contribution in [-0.4, -0.2) is 5.91 Å². The molecule has 0 saturated carbocycles. The molecule has 0 spiro atoms. The molecule has 3 nitrogen and oxygen atoms in total. The standard InChI is InChI=1S/C8H13NO2/c1-3-6-5-11-9-8(10)7(6)4-2/h5,7H,3-4H2,1-2H3,(H,9,10). The second kappa shape index (κ2) is 3.42. The fourth-order valence-corrected chi connectivity index (χ4v) is 1.26. The van der Waals surface area contributed by atoms with Gasteiger partial charge in [0.2, 0.25) is 0 Å². The third kappa shape index (κ3) is 1.53. The van der Waals surface area contributed by atoms with Crippen LogP contribution in [0.15, 0.2) is 11.8 Å². The summed E-state index contributed by atoms with van der Waals surface area (Å²) in [5.41, 5.74) is 3.41. The van der Waals surface area contributed by atoms with Gasteiger partial charge in [0.05, 0.1) is 5.92 Å². The molecule has 0 saturated heterocycles. The lowest BCUT2D eigenvalue weighted by Gasteiger charge is -2.21. The topological polar surface area (TPSA) is 38.3 Å². The Morgan fingerprint density at radius 1 is 1.64 bits per heavy atom. The fraction of sp³-hybridized carbons (Fsp3) is 0.625. The Hall–Kier alpha value is -0.990. The molecular weight excluding hydrogens is 142 g/mol. The average Bonchev–Trinajstić information content (AvgIpc) is 2.04. The highest BCUT2D eigenvalue weighted by Crippen LogP contribution is 2.20. The maximum absolute atomic E-state index is 11.1. The van der Waals surface area contributed by atoms with Gasteiger partial charge in [-0.15, -0.1) is 0 Å². The van der Waals surface area contributed by atoms with E-state index in [4.69, 9.17) is 4.84 Å². The van der Waals surface area contributed by atoms with Crippen LogP contribution in [0.4, 0.5) is 0 Å². The maximum Gasteiger partial charge on any atom is 0.259 e. The first-order valence-corrected chi connectivity index (χ1v) is 3.94. The third-order valence-corrected chi connectivity index (χ3v) is 1.95. The van der Waals surface area contributed by atoms with E-state index < -0.39 is 0 Å². The van der Waals surface area contributed by atoms with Gasteiger partial charge in [0, 0.05) is 0 Å². The van der Waals surface area contributed by atoms with Crippen molar-refractivity contribution in [1.82, 2.24) is 5.48 Å². The van der Waals surface area contributed by atoms with E-state index in [2.05, 4.69) is 5.48 Å². The Balaban J connectivity index is 2.73. The SMILES string of the molecule is CCC1=CONC(=O)C1CC. The summed E-state index contributed by atoms with van der Waals surface area (Å²) in [7, 11) is 0. The highest BCUT2D eigenvalue weighted by Gasteiger charge is 2.23. The predicted octanol–water partition coefficient (Wildman–Crippen LogP) is 1.37. The summed E-state index contributed by atoms with van der Waals surface area (Å²) in [6.07, 6.45) is 3.36. The minimum atomic E-state index is -0.0214. The van der Waals surface area contributed by atoms with E-state index in [1.807, 2.05) is 13.8 Å². The number of amides is 1. The highest BCUT2D eigenvalue weighted by atomic mass is 16.6. The quantitative estimate of drug-likeness (QED) is 0.654. The Labute approximate surface area is 66.4 Å². The van der Waals surface area contributed by atoms with Crippen molar-refractivity contribution in [2.75, 3.05) is 0 Å². The number of nitrogens with one attached hydrogen (secondary N) is 1. The zero-order valence-electron chi connectivity index (χ0n) is 6.89. The monoisotopic (exact) mass is 155 g/mol. The smallest absolute Gasteiger partial charge is 0.259 e. The molecule has 1 aliphatic rings. The average molecular weight is 155 g/mol. The zero-order valence-corrected chi connectivity index (χ0v) is 6.89. The summed E-state index contributed by atoms with van der Waals surface area (Å²) in [5, 5.41) is 0. The van der Waals surface area contributed by atoms with E-state index >= 15 is 0 Å². The molecule has 1 amide bonds. The first-order chi connectivity index (χ1) is 5.29. The van der Waals surface area contributed by atoms with Crippen molar-refractivity contribution in [2.45, 2.75) is 26.7 Å². The van der Waals surface area contributed by atoms with Crippen LogP contribution in [0.1, 0.15) is 26.7 Å². The van der Waals surface area contributed by atoms with E-state index in [0.29, 0.717) is 0 Å². The van der Waals surface area contributed by atoms with Crippen molar-refractivity contribution in [1.29, 1.82) is 0 Å². The maximum atomic E-state index is 11.1. The van der Waals surface area contributed by atoms with Crippen LogP contribution in [0.3, 0.4) is 0 Å². The summed E-state index contributed by atoms with van der Waals surface area (Å²) in [6.45, 7) is 4.02. The molecule has 0 fully saturated rings. The summed E-state index contributed by atoms with van der Waals surface area (Å²) < 4.78 is 0. The lowest BCUT2D eigenvalue weighted by molar-refractivity contribution is -0.134. The molecule has 62 valence electrons. The highest BCUT2D eigenvalue weighted by molar-refractivity contribution is 5.81. The molecule has 0 aromatic rings. The minimum absolute atomic E-state index is 0.0214. The molecule has 1 unspecified atom stereocenters. The van der Waals surface area contributed by atoms with Crippen LogP contribution in [0, 0.1) is 5.92 Å². The number of hydrogen-bond acceptors (Lipinski definition) is 2. The van der Waals surface area contributed by atoms with Gasteiger partial charge < -0.3 is 4.84 Å². The molecule has 0 radical (unpaired) electrons. The molecule has 1 atom stereocenters. The lowest BCUT2D eigenvalue weighted by atomic mass is 9.94. The number of carbonyl (C=O) groups excluding carboxylic acids is 1. The van der Waals surface area contributed by atoms with E-state index in [1.165, 1.54) is 0 Å². The Morgan fingerprint density at radius 3 is 2.82 bits per heavy atom. The minimum Gasteiger partial charge on any atom is -0.387 e. The first kappa shape index (κ1) is 8.11. The van der Waals surface area contributed by atoms with Crippen molar-refractivity contribution >= 4 is 5.91 Å². The van der Waals surface area contributed by atoms with Gasteiger partial charge in [0.1, 0.15) is 6.26 Å². The van der Waals surface area contributed by atoms with Gasteiger partial charge in [-0.2, -0.15) is 5.48 Å². The van der Waals surface area contributed by atoms with Crippen LogP contribution >= 0.6 is 0 Å². The van der Waals surface area contributed by atoms with Gasteiger partial charge in [-0.1, -0.05) is 13.8 Å². The van der Waals surface area contributed by atoms with E-state index in [-0.39, 0.29) is 11.8 Å². The first-order valence-electron chi connectivity index (χ1n) is 3.94. The Bertz CT molecular complexity index is 187. The molecule has 11 heavy (non-hydrogen) atoms. The van der Waals surface area contributed by atoms with Crippen molar-refractivity contribution in [2.24, 2.45) is 5.92 Å². The van der Waals surface area contributed by atoms with Gasteiger partial charge in [-0.25, -0.2) is 0 Å². The molecule has 3 heteroatoms. The Morgan fingerprint density at radius 2 is 2.36 bits per heavy atom. The predicted molar refractivity (Wildman–Crippen MR) is 41.4 cm³/mol. The normalized spacial score (nSPS) is 23.6. The molecule has 0 aromatic carbocycles. The number of rotatable bonds is 2. The van der Waals surface area contributed by atoms with Crippen molar-refractivity contribution in [3.8, 4) is 0 Å². The summed E-state index contributed by atoms with van der Waals surface area (Å²) >= 11 is 0. The van der Waals surface area contributed by atoms with Gasteiger partial charge in [-0.05, 0) is 18.4 Å². The molecule has 1 rings (SSSR count). The van der Waals surface area contributed by atoms with Gasteiger partial charge in [0.25, 0.3) is 5.91 Å². The van der Waals surface area contributed by atoms with Crippen molar-refractivity contribution < 1.29 is 9.63 Å². The Kier molecular flexibility index (Phi) is 2.52. The van der Waals surface area contributed by atoms with Gasteiger partial charge in [0.15, 0.2) is 0 Å². The van der Waals surface area contributed by atoms with Crippen LogP contribution in [0.25, 0.3) is 0 Å². The number of hydroxylamine groups is 1. The summed E-state index contributed by atoms with van der Waals surface area (Å²) in [6, 6.07) is 0. The third-order valence-electron chi connectivity index (χ3n) is 1.95. The van der Waals surface area contributed by atoms with E-state index in [1.54, 1.807) is 6.26 Å². The number of carbonyl (C=O) groups is 1. The second-order valence-electron chi connectivity index (χ2n) is 2.59. The molecule has 1 N–H and O–H groups in total. The van der Waals surface area contributed by atoms with Crippen molar-refractivity contribution in [3.05, 3.63) is 11.8 Å². The molecule has 0 bridgehead atoms. The number of hydrogen-bond donors (Lipinski definition) is 1. The molecule has 0 aliphatic carbocycles. The summed E-state index contributed by atoms with van der Waals surface area (Å²) in [4.78, 5) is 15.9. The van der Waals surface area contributed by atoms with Gasteiger partial charge in [-0.3, -0.25) is 4.79 Å². The fourth-order valence-electron chi connectivity index (χ4n) is 1.26. The zero-order chi connectivity index (χ0) is 8.27. The summed E-state index contributed by atoms with van der Waals surface area (Å²) in [5.74, 6) is 0.000556. The molecule has 1 aliphatic heterocycles. The lowest BCUT2D eigenvalue weighted by Crippen LogP contribution is -2.34. The van der Waals surface area contributed by atoms with Crippen LogP contribution in [0.2, 0.25) is 0 Å². The van der Waals surface area contributed by atoms with E-state index in [9.17, 15) is 4.79 Å². The van der Waals surface area contributed by atoms with Gasteiger partial charge >= 0.3 is 0 Å². The van der Waals surface area contributed by atoms with Crippen LogP contribution in [-0.2, 0) is 9.63 Å².